The van der Waals surface area contributed by atoms with E-state index in [1.165, 1.54) is 4.31 Å². The number of rotatable bonds is 2. The molecule has 29 heavy (non-hydrogen) atoms. The van der Waals surface area contributed by atoms with E-state index >= 15 is 0 Å². The molecule has 0 radical (unpaired) electrons. The van der Waals surface area contributed by atoms with Gasteiger partial charge in [-0.15, -0.1) is 0 Å². The first kappa shape index (κ1) is 19.9. The number of ether oxygens (including phenoxy) is 1. The molecule has 1 spiro atoms. The molecule has 1 unspecified atom stereocenters. The summed E-state index contributed by atoms with van der Waals surface area (Å²) in [5.41, 5.74) is 1.20. The Labute approximate surface area is 172 Å². The van der Waals surface area contributed by atoms with Gasteiger partial charge >= 0.3 is 0 Å². The van der Waals surface area contributed by atoms with Crippen molar-refractivity contribution in [1.29, 1.82) is 0 Å². The standard InChI is InChI=1S/C22H26N2O4S/c1-17-8-10-20(11-9-17)29(26,27)24-13-5-12-22(16-24)15-23(18(2)25)14-19-6-3-4-7-21(19)28-22/h3-4,6-11H,5,12-16H2,1-2H3. The zero-order valence-electron chi connectivity index (χ0n) is 16.8. The van der Waals surface area contributed by atoms with Gasteiger partial charge in [-0.25, -0.2) is 8.42 Å². The van der Waals surface area contributed by atoms with Crippen LogP contribution in [0.4, 0.5) is 0 Å². The largest absolute Gasteiger partial charge is 0.484 e. The number of hydrogen-bond donors (Lipinski definition) is 0. The minimum absolute atomic E-state index is 0.0387. The predicted octanol–water partition coefficient (Wildman–Crippen LogP) is 2.96. The van der Waals surface area contributed by atoms with Gasteiger partial charge in [-0.2, -0.15) is 4.31 Å². The van der Waals surface area contributed by atoms with Gasteiger partial charge in [-0.3, -0.25) is 4.79 Å². The first-order chi connectivity index (χ1) is 13.8. The van der Waals surface area contributed by atoms with Crippen LogP contribution in [0.5, 0.6) is 5.75 Å². The second-order valence-corrected chi connectivity index (χ2v) is 9.96. The highest BCUT2D eigenvalue weighted by atomic mass is 32.2. The molecule has 2 aliphatic heterocycles. The average Bonchev–Trinajstić information content (AvgIpc) is 2.85. The number of sulfonamides is 1. The Morgan fingerprint density at radius 3 is 2.52 bits per heavy atom. The zero-order valence-corrected chi connectivity index (χ0v) is 17.6. The molecule has 0 saturated carbocycles. The van der Waals surface area contributed by atoms with Crippen molar-refractivity contribution in [3.63, 3.8) is 0 Å². The summed E-state index contributed by atoms with van der Waals surface area (Å²) in [4.78, 5) is 14.3. The van der Waals surface area contributed by atoms with Gasteiger partial charge in [0.1, 0.15) is 11.4 Å². The molecule has 0 aromatic heterocycles. The summed E-state index contributed by atoms with van der Waals surface area (Å²) in [7, 11) is -3.63. The summed E-state index contributed by atoms with van der Waals surface area (Å²) in [6.45, 7) is 4.99. The molecule has 1 atom stereocenters. The van der Waals surface area contributed by atoms with Crippen molar-refractivity contribution in [2.45, 2.75) is 43.7 Å². The van der Waals surface area contributed by atoms with Crippen LogP contribution in [-0.4, -0.2) is 48.8 Å². The molecule has 1 fully saturated rings. The molecule has 2 heterocycles. The van der Waals surface area contributed by atoms with E-state index in [4.69, 9.17) is 4.74 Å². The molecule has 7 heteroatoms. The van der Waals surface area contributed by atoms with Crippen LogP contribution < -0.4 is 4.74 Å². The molecule has 2 aromatic rings. The van der Waals surface area contributed by atoms with E-state index in [9.17, 15) is 13.2 Å². The molecule has 6 nitrogen and oxygen atoms in total. The minimum Gasteiger partial charge on any atom is -0.484 e. The predicted molar refractivity (Wildman–Crippen MR) is 110 cm³/mol. The van der Waals surface area contributed by atoms with Crippen molar-refractivity contribution in [3.05, 3.63) is 59.7 Å². The third-order valence-corrected chi connectivity index (χ3v) is 7.61. The Balaban J connectivity index is 1.68. The lowest BCUT2D eigenvalue weighted by atomic mass is 9.93. The molecular formula is C22H26N2O4S. The number of para-hydroxylation sites is 1. The molecule has 0 N–H and O–H groups in total. The number of nitrogens with zero attached hydrogens (tertiary/aromatic N) is 2. The fourth-order valence-electron chi connectivity index (χ4n) is 4.17. The number of piperidine rings is 1. The highest BCUT2D eigenvalue weighted by Crippen LogP contribution is 2.36. The second kappa shape index (κ2) is 7.46. The van der Waals surface area contributed by atoms with Gasteiger partial charge in [0, 0.05) is 25.6 Å². The van der Waals surface area contributed by atoms with E-state index in [0.717, 1.165) is 16.9 Å². The number of aryl methyl sites for hydroxylation is 1. The zero-order chi connectivity index (χ0) is 20.6. The highest BCUT2D eigenvalue weighted by Gasteiger charge is 2.45. The van der Waals surface area contributed by atoms with Crippen molar-refractivity contribution in [1.82, 2.24) is 9.21 Å². The molecule has 2 aliphatic rings. The summed E-state index contributed by atoms with van der Waals surface area (Å²) >= 11 is 0. The van der Waals surface area contributed by atoms with Crippen LogP contribution in [0.2, 0.25) is 0 Å². The van der Waals surface area contributed by atoms with Crippen molar-refractivity contribution in [2.24, 2.45) is 0 Å². The summed E-state index contributed by atoms with van der Waals surface area (Å²) in [5, 5.41) is 0. The van der Waals surface area contributed by atoms with Crippen molar-refractivity contribution in [2.75, 3.05) is 19.6 Å². The maximum Gasteiger partial charge on any atom is 0.243 e. The van der Waals surface area contributed by atoms with Gasteiger partial charge in [0.05, 0.1) is 18.0 Å². The van der Waals surface area contributed by atoms with Gasteiger partial charge in [0.15, 0.2) is 0 Å². The van der Waals surface area contributed by atoms with Crippen LogP contribution >= 0.6 is 0 Å². The van der Waals surface area contributed by atoms with E-state index < -0.39 is 15.6 Å². The van der Waals surface area contributed by atoms with Crippen LogP contribution in [0.3, 0.4) is 0 Å². The normalized spacial score (nSPS) is 22.6. The number of hydrogen-bond acceptors (Lipinski definition) is 4. The molecule has 1 amide bonds. The van der Waals surface area contributed by atoms with Crippen molar-refractivity contribution in [3.8, 4) is 5.75 Å². The molecule has 1 saturated heterocycles. The maximum absolute atomic E-state index is 13.3. The lowest BCUT2D eigenvalue weighted by Crippen LogP contribution is -2.58. The van der Waals surface area contributed by atoms with E-state index in [0.29, 0.717) is 32.5 Å². The molecule has 0 bridgehead atoms. The maximum atomic E-state index is 13.3. The molecule has 4 rings (SSSR count). The number of fused-ring (bicyclic) bond motifs is 1. The summed E-state index contributed by atoms with van der Waals surface area (Å²) in [6, 6.07) is 14.6. The third kappa shape index (κ3) is 3.89. The van der Waals surface area contributed by atoms with Crippen LogP contribution in [0.25, 0.3) is 0 Å². The Kier molecular flexibility index (Phi) is 5.12. The van der Waals surface area contributed by atoms with E-state index in [2.05, 4.69) is 0 Å². The Hall–Kier alpha value is -2.38. The Morgan fingerprint density at radius 2 is 1.79 bits per heavy atom. The number of amides is 1. The van der Waals surface area contributed by atoms with Crippen LogP contribution in [0, 0.1) is 6.92 Å². The topological polar surface area (TPSA) is 66.9 Å². The third-order valence-electron chi connectivity index (χ3n) is 5.75. The quantitative estimate of drug-likeness (QED) is 0.758. The van der Waals surface area contributed by atoms with Gasteiger partial charge < -0.3 is 9.64 Å². The first-order valence-electron chi connectivity index (χ1n) is 9.88. The van der Waals surface area contributed by atoms with Gasteiger partial charge in [0.2, 0.25) is 15.9 Å². The lowest BCUT2D eigenvalue weighted by Gasteiger charge is -2.43. The van der Waals surface area contributed by atoms with Gasteiger partial charge in [-0.05, 0) is 38.0 Å². The summed E-state index contributed by atoms with van der Waals surface area (Å²) in [5.74, 6) is 0.689. The molecule has 0 aliphatic carbocycles. The molecule has 2 aromatic carbocycles. The first-order valence-corrected chi connectivity index (χ1v) is 11.3. The van der Waals surface area contributed by atoms with E-state index in [1.54, 1.807) is 24.0 Å². The van der Waals surface area contributed by atoms with Crippen LogP contribution in [0.15, 0.2) is 53.4 Å². The molecular weight excluding hydrogens is 388 g/mol. The van der Waals surface area contributed by atoms with E-state index in [-0.39, 0.29) is 17.3 Å². The second-order valence-electron chi connectivity index (χ2n) is 8.02. The fourth-order valence-corrected chi connectivity index (χ4v) is 5.72. The number of carbonyl (C=O) groups excluding carboxylic acids is 1. The summed E-state index contributed by atoms with van der Waals surface area (Å²) < 4.78 is 34.5. The SMILES string of the molecule is CC(=O)N1Cc2ccccc2OC2(CCCN(S(=O)(=O)c3ccc(C)cc3)C2)C1. The average molecular weight is 415 g/mol. The van der Waals surface area contributed by atoms with Crippen LogP contribution in [0.1, 0.15) is 30.9 Å². The Morgan fingerprint density at radius 1 is 1.07 bits per heavy atom. The van der Waals surface area contributed by atoms with Gasteiger partial charge in [-0.1, -0.05) is 35.9 Å². The number of benzene rings is 2. The van der Waals surface area contributed by atoms with Crippen molar-refractivity contribution < 1.29 is 17.9 Å². The molecule has 154 valence electrons. The van der Waals surface area contributed by atoms with Crippen LogP contribution in [-0.2, 0) is 21.4 Å². The Bertz CT molecular complexity index is 1020. The highest BCUT2D eigenvalue weighted by molar-refractivity contribution is 7.89. The van der Waals surface area contributed by atoms with Gasteiger partial charge in [0.25, 0.3) is 0 Å². The minimum atomic E-state index is -3.63. The lowest BCUT2D eigenvalue weighted by molar-refractivity contribution is -0.132. The number of carbonyl (C=O) groups is 1. The summed E-state index contributed by atoms with van der Waals surface area (Å²) in [6.07, 6.45) is 1.38. The fraction of sp³-hybridized carbons (Fsp3) is 0.409. The van der Waals surface area contributed by atoms with E-state index in [1.807, 2.05) is 43.3 Å². The smallest absolute Gasteiger partial charge is 0.243 e. The van der Waals surface area contributed by atoms with Crippen molar-refractivity contribution >= 4 is 15.9 Å². The monoisotopic (exact) mass is 414 g/mol.